The van der Waals surface area contributed by atoms with E-state index in [1.165, 1.54) is 12.1 Å². The Bertz CT molecular complexity index is 550. The van der Waals surface area contributed by atoms with Gasteiger partial charge in [-0.1, -0.05) is 11.6 Å². The van der Waals surface area contributed by atoms with Crippen molar-refractivity contribution in [2.75, 3.05) is 6.61 Å². The topological polar surface area (TPSA) is 42.1 Å². The first kappa shape index (κ1) is 11.0. The van der Waals surface area contributed by atoms with E-state index in [0.717, 1.165) is 0 Å². The maximum absolute atomic E-state index is 13.4. The van der Waals surface area contributed by atoms with E-state index >= 15 is 0 Å². The summed E-state index contributed by atoms with van der Waals surface area (Å²) in [5, 5.41) is 0.840. The molecule has 5 heteroatoms. The Morgan fingerprint density at radius 3 is 2.94 bits per heavy atom. The van der Waals surface area contributed by atoms with E-state index in [9.17, 15) is 9.18 Å². The Balaban J connectivity index is 2.51. The summed E-state index contributed by atoms with van der Waals surface area (Å²) in [5.74, 6) is -0.993. The molecule has 0 bridgehead atoms. The molecule has 3 nitrogen and oxygen atoms in total. The molecule has 0 saturated heterocycles. The van der Waals surface area contributed by atoms with Gasteiger partial charge in [0.1, 0.15) is 11.5 Å². The van der Waals surface area contributed by atoms with E-state index in [2.05, 4.69) is 4.98 Å². The normalized spacial score (nSPS) is 10.7. The first-order valence-corrected chi connectivity index (χ1v) is 5.14. The zero-order valence-corrected chi connectivity index (χ0v) is 9.27. The molecule has 0 aliphatic rings. The monoisotopic (exact) mass is 241 g/mol. The van der Waals surface area contributed by atoms with E-state index in [-0.39, 0.29) is 17.8 Å². The van der Waals surface area contributed by atoms with Gasteiger partial charge in [-0.05, 0) is 25.1 Å². The minimum absolute atomic E-state index is 0.220. The van der Waals surface area contributed by atoms with Crippen molar-refractivity contribution in [2.45, 2.75) is 6.92 Å². The summed E-state index contributed by atoms with van der Waals surface area (Å²) in [4.78, 5) is 14.1. The van der Waals surface area contributed by atoms with Gasteiger partial charge in [0.25, 0.3) is 0 Å². The summed E-state index contributed by atoms with van der Waals surface area (Å²) >= 11 is 5.70. The van der Waals surface area contributed by atoms with Crippen LogP contribution in [0.5, 0.6) is 0 Å². The van der Waals surface area contributed by atoms with Crippen molar-refractivity contribution in [1.82, 2.24) is 4.98 Å². The van der Waals surface area contributed by atoms with Crippen molar-refractivity contribution >= 4 is 28.5 Å². The molecule has 0 fully saturated rings. The molecule has 0 spiro atoms. The number of aromatic nitrogens is 1. The SMILES string of the molecule is CCOC(=O)c1cc2cc(Cl)cc(F)c2[nH]1. The number of halogens is 2. The van der Waals surface area contributed by atoms with Crippen LogP contribution in [0.25, 0.3) is 10.9 Å². The highest BCUT2D eigenvalue weighted by atomic mass is 35.5. The largest absolute Gasteiger partial charge is 0.461 e. The second-order valence-corrected chi connectivity index (χ2v) is 3.69. The fourth-order valence-electron chi connectivity index (χ4n) is 1.48. The van der Waals surface area contributed by atoms with Crippen LogP contribution in [0, 0.1) is 5.82 Å². The average Bonchev–Trinajstić information content (AvgIpc) is 2.62. The summed E-state index contributed by atoms with van der Waals surface area (Å²) in [6.07, 6.45) is 0. The number of ether oxygens (including phenoxy) is 1. The maximum Gasteiger partial charge on any atom is 0.354 e. The summed E-state index contributed by atoms with van der Waals surface area (Å²) in [6.45, 7) is 1.98. The molecular formula is C11H9ClFNO2. The molecule has 0 atom stereocenters. The molecule has 84 valence electrons. The van der Waals surface area contributed by atoms with Gasteiger partial charge in [0.2, 0.25) is 0 Å². The zero-order valence-electron chi connectivity index (χ0n) is 8.51. The lowest BCUT2D eigenvalue weighted by molar-refractivity contribution is 0.0520. The Morgan fingerprint density at radius 2 is 2.25 bits per heavy atom. The van der Waals surface area contributed by atoms with Gasteiger partial charge in [-0.2, -0.15) is 0 Å². The number of hydrogen-bond donors (Lipinski definition) is 1. The van der Waals surface area contributed by atoms with Crippen molar-refractivity contribution in [3.63, 3.8) is 0 Å². The first-order valence-electron chi connectivity index (χ1n) is 4.76. The summed E-state index contributed by atoms with van der Waals surface area (Å²) in [5.41, 5.74) is 0.477. The van der Waals surface area contributed by atoms with Gasteiger partial charge < -0.3 is 9.72 Å². The molecule has 0 radical (unpaired) electrons. The fraction of sp³-hybridized carbons (Fsp3) is 0.182. The van der Waals surface area contributed by atoms with Crippen molar-refractivity contribution in [3.05, 3.63) is 34.7 Å². The Hall–Kier alpha value is -1.55. The lowest BCUT2D eigenvalue weighted by Gasteiger charge is -1.96. The molecule has 1 aromatic heterocycles. The van der Waals surface area contributed by atoms with Gasteiger partial charge in [-0.15, -0.1) is 0 Å². The highest BCUT2D eigenvalue weighted by Crippen LogP contribution is 2.23. The zero-order chi connectivity index (χ0) is 11.7. The summed E-state index contributed by atoms with van der Waals surface area (Å²) < 4.78 is 18.2. The van der Waals surface area contributed by atoms with Gasteiger partial charge in [-0.3, -0.25) is 0 Å². The summed E-state index contributed by atoms with van der Waals surface area (Å²) in [6, 6.07) is 4.29. The van der Waals surface area contributed by atoms with Crippen molar-refractivity contribution in [2.24, 2.45) is 0 Å². The highest BCUT2D eigenvalue weighted by molar-refractivity contribution is 6.31. The van der Waals surface area contributed by atoms with Crippen LogP contribution in [0.1, 0.15) is 17.4 Å². The standard InChI is InChI=1S/C11H9ClFNO2/c1-2-16-11(15)9-4-6-3-7(12)5-8(13)10(6)14-9/h3-5,14H,2H2,1H3. The number of nitrogens with one attached hydrogen (secondary N) is 1. The Morgan fingerprint density at radius 1 is 1.50 bits per heavy atom. The van der Waals surface area contributed by atoms with Crippen LogP contribution in [-0.2, 0) is 4.74 Å². The predicted octanol–water partition coefficient (Wildman–Crippen LogP) is 3.14. The maximum atomic E-state index is 13.4. The van der Waals surface area contributed by atoms with Crippen LogP contribution in [0.3, 0.4) is 0 Å². The lowest BCUT2D eigenvalue weighted by Crippen LogP contribution is -2.04. The van der Waals surface area contributed by atoms with E-state index in [0.29, 0.717) is 10.4 Å². The minimum Gasteiger partial charge on any atom is -0.461 e. The second-order valence-electron chi connectivity index (χ2n) is 3.26. The molecule has 0 saturated carbocycles. The van der Waals surface area contributed by atoms with Crippen molar-refractivity contribution in [1.29, 1.82) is 0 Å². The molecule has 0 amide bonds. The first-order chi connectivity index (χ1) is 7.61. The third-order valence-corrected chi connectivity index (χ3v) is 2.36. The Kier molecular flexibility index (Phi) is 2.83. The van der Waals surface area contributed by atoms with Gasteiger partial charge >= 0.3 is 5.97 Å². The third kappa shape index (κ3) is 1.88. The number of esters is 1. The van der Waals surface area contributed by atoms with Crippen LogP contribution < -0.4 is 0 Å². The second kappa shape index (κ2) is 4.14. The summed E-state index contributed by atoms with van der Waals surface area (Å²) in [7, 11) is 0. The molecule has 1 aromatic carbocycles. The van der Waals surface area contributed by atoms with Gasteiger partial charge in [0, 0.05) is 10.4 Å². The van der Waals surface area contributed by atoms with E-state index < -0.39 is 11.8 Å². The number of aromatic amines is 1. The number of carbonyl (C=O) groups is 1. The molecule has 0 aliphatic carbocycles. The van der Waals surface area contributed by atoms with Crippen LogP contribution in [0.2, 0.25) is 5.02 Å². The van der Waals surface area contributed by atoms with Crippen LogP contribution in [0.4, 0.5) is 4.39 Å². The average molecular weight is 242 g/mol. The van der Waals surface area contributed by atoms with Crippen LogP contribution >= 0.6 is 11.6 Å². The highest BCUT2D eigenvalue weighted by Gasteiger charge is 2.13. The number of benzene rings is 1. The quantitative estimate of drug-likeness (QED) is 0.821. The number of rotatable bonds is 2. The molecule has 0 aliphatic heterocycles. The van der Waals surface area contributed by atoms with E-state index in [1.807, 2.05) is 0 Å². The van der Waals surface area contributed by atoms with Gasteiger partial charge in [0.05, 0.1) is 12.1 Å². The molecule has 2 rings (SSSR count). The number of fused-ring (bicyclic) bond motifs is 1. The van der Waals surface area contributed by atoms with E-state index in [1.54, 1.807) is 13.0 Å². The van der Waals surface area contributed by atoms with Gasteiger partial charge in [-0.25, -0.2) is 9.18 Å². The third-order valence-electron chi connectivity index (χ3n) is 2.14. The molecular weight excluding hydrogens is 233 g/mol. The molecule has 1 N–H and O–H groups in total. The number of hydrogen-bond acceptors (Lipinski definition) is 2. The lowest BCUT2D eigenvalue weighted by atomic mass is 10.2. The number of carbonyl (C=O) groups excluding carboxylic acids is 1. The van der Waals surface area contributed by atoms with E-state index in [4.69, 9.17) is 16.3 Å². The van der Waals surface area contributed by atoms with Crippen LogP contribution in [0.15, 0.2) is 18.2 Å². The van der Waals surface area contributed by atoms with Crippen molar-refractivity contribution < 1.29 is 13.9 Å². The molecule has 2 aromatic rings. The molecule has 0 unspecified atom stereocenters. The van der Waals surface area contributed by atoms with Gasteiger partial charge in [0.15, 0.2) is 0 Å². The fourth-order valence-corrected chi connectivity index (χ4v) is 1.70. The van der Waals surface area contributed by atoms with Crippen LogP contribution in [-0.4, -0.2) is 17.6 Å². The van der Waals surface area contributed by atoms with Crippen molar-refractivity contribution in [3.8, 4) is 0 Å². The minimum atomic E-state index is -0.505. The smallest absolute Gasteiger partial charge is 0.354 e. The number of H-pyrrole nitrogens is 1. The predicted molar refractivity (Wildman–Crippen MR) is 59.2 cm³/mol. The Labute approximate surface area is 96.2 Å². The molecule has 1 heterocycles. The molecule has 16 heavy (non-hydrogen) atoms.